The smallest absolute Gasteiger partial charge is 0.270 e. The van der Waals surface area contributed by atoms with E-state index in [4.69, 9.17) is 4.74 Å². The summed E-state index contributed by atoms with van der Waals surface area (Å²) < 4.78 is 35.9. The van der Waals surface area contributed by atoms with Crippen molar-refractivity contribution >= 4 is 32.7 Å². The first-order chi connectivity index (χ1) is 15.9. The summed E-state index contributed by atoms with van der Waals surface area (Å²) in [6.07, 6.45) is 4.32. The number of hydrogen-bond donors (Lipinski definition) is 2. The van der Waals surface area contributed by atoms with Crippen molar-refractivity contribution in [3.63, 3.8) is 0 Å². The maximum Gasteiger partial charge on any atom is 0.270 e. The van der Waals surface area contributed by atoms with Crippen LogP contribution in [0.15, 0.2) is 78.0 Å². The number of aromatic nitrogens is 2. The van der Waals surface area contributed by atoms with Crippen LogP contribution in [0, 0.1) is 10.1 Å². The topological polar surface area (TPSA) is 128 Å². The number of rotatable bonds is 9. The quantitative estimate of drug-likeness (QED) is 0.284. The van der Waals surface area contributed by atoms with Gasteiger partial charge in [-0.3, -0.25) is 14.8 Å². The molecule has 4 aromatic rings. The summed E-state index contributed by atoms with van der Waals surface area (Å²) in [6.45, 7) is 0.374. The summed E-state index contributed by atoms with van der Waals surface area (Å²) >= 11 is 0. The molecule has 0 aliphatic heterocycles. The van der Waals surface area contributed by atoms with Gasteiger partial charge in [-0.2, -0.15) is 0 Å². The Morgan fingerprint density at radius 3 is 2.64 bits per heavy atom. The number of nitrogens with zero attached hydrogens (tertiary/aromatic N) is 3. The molecule has 170 valence electrons. The number of imidazole rings is 1. The number of nitrogens with one attached hydrogen (secondary N) is 2. The highest BCUT2D eigenvalue weighted by atomic mass is 32.2. The van der Waals surface area contributed by atoms with Crippen LogP contribution in [0.5, 0.6) is 5.75 Å². The number of methoxy groups -OCH3 is 1. The average Bonchev–Trinajstić information content (AvgIpc) is 3.22. The van der Waals surface area contributed by atoms with Crippen molar-refractivity contribution < 1.29 is 18.1 Å². The summed E-state index contributed by atoms with van der Waals surface area (Å²) in [6, 6.07) is 15.9. The molecular formula is C22H21N5O5S. The van der Waals surface area contributed by atoms with Gasteiger partial charge in [-0.15, -0.1) is 0 Å². The number of fused-ring (bicyclic) bond motifs is 1. The minimum absolute atomic E-state index is 0.224. The van der Waals surface area contributed by atoms with Crippen LogP contribution in [0.3, 0.4) is 0 Å². The zero-order valence-electron chi connectivity index (χ0n) is 17.6. The standard InChI is InChI=1S/C22H21N5O5S/c1-32-20-7-3-2-6-18(20)25-33(30,31)21-14-17(27(28)29)9-10-19(21)23-12-11-16-15-26-13-5-4-8-22(26)24-16/h2-10,13-15,23,25H,11-12H2,1H3. The number of benzene rings is 2. The molecule has 0 aliphatic carbocycles. The highest BCUT2D eigenvalue weighted by Crippen LogP contribution is 2.31. The van der Waals surface area contributed by atoms with Crippen molar-refractivity contribution in [1.29, 1.82) is 0 Å². The van der Waals surface area contributed by atoms with Gasteiger partial charge in [-0.05, 0) is 30.3 Å². The van der Waals surface area contributed by atoms with Crippen LogP contribution in [0.1, 0.15) is 5.69 Å². The van der Waals surface area contributed by atoms with E-state index in [1.807, 2.05) is 35.0 Å². The zero-order chi connectivity index (χ0) is 23.4. The van der Waals surface area contributed by atoms with Crippen LogP contribution in [0.4, 0.5) is 17.1 Å². The summed E-state index contributed by atoms with van der Waals surface area (Å²) in [5.74, 6) is 0.327. The third-order valence-electron chi connectivity index (χ3n) is 4.93. The second-order valence-corrected chi connectivity index (χ2v) is 8.77. The largest absolute Gasteiger partial charge is 0.495 e. The van der Waals surface area contributed by atoms with Crippen molar-refractivity contribution in [2.45, 2.75) is 11.3 Å². The molecule has 0 aliphatic rings. The Morgan fingerprint density at radius 2 is 1.88 bits per heavy atom. The Hall–Kier alpha value is -4.12. The van der Waals surface area contributed by atoms with E-state index in [1.54, 1.807) is 24.3 Å². The number of pyridine rings is 1. The zero-order valence-corrected chi connectivity index (χ0v) is 18.5. The maximum atomic E-state index is 13.2. The van der Waals surface area contributed by atoms with Crippen LogP contribution >= 0.6 is 0 Å². The fourth-order valence-electron chi connectivity index (χ4n) is 3.35. The lowest BCUT2D eigenvalue weighted by atomic mass is 10.2. The number of nitro benzene ring substituents is 1. The number of sulfonamides is 1. The average molecular weight is 468 g/mol. The van der Waals surface area contributed by atoms with Crippen LogP contribution in [0.25, 0.3) is 5.65 Å². The summed E-state index contributed by atoms with van der Waals surface area (Å²) in [7, 11) is -2.74. The molecule has 0 saturated carbocycles. The maximum absolute atomic E-state index is 13.2. The lowest BCUT2D eigenvalue weighted by Crippen LogP contribution is -2.17. The third-order valence-corrected chi connectivity index (χ3v) is 6.33. The minimum atomic E-state index is -4.16. The highest BCUT2D eigenvalue weighted by molar-refractivity contribution is 7.93. The molecule has 0 fully saturated rings. The Bertz CT molecular complexity index is 1380. The molecule has 0 amide bonds. The molecule has 0 bridgehead atoms. The van der Waals surface area contributed by atoms with Crippen LogP contribution in [0.2, 0.25) is 0 Å². The first-order valence-electron chi connectivity index (χ1n) is 9.98. The van der Waals surface area contributed by atoms with E-state index in [0.717, 1.165) is 17.4 Å². The highest BCUT2D eigenvalue weighted by Gasteiger charge is 2.23. The molecule has 10 nitrogen and oxygen atoms in total. The van der Waals surface area contributed by atoms with Crippen molar-refractivity contribution in [2.75, 3.05) is 23.7 Å². The van der Waals surface area contributed by atoms with Crippen molar-refractivity contribution in [3.05, 3.63) is 88.9 Å². The van der Waals surface area contributed by atoms with E-state index >= 15 is 0 Å². The van der Waals surface area contributed by atoms with Gasteiger partial charge in [0.25, 0.3) is 15.7 Å². The van der Waals surface area contributed by atoms with E-state index in [-0.39, 0.29) is 22.0 Å². The van der Waals surface area contributed by atoms with Crippen LogP contribution in [-0.2, 0) is 16.4 Å². The Labute approximate surface area is 190 Å². The van der Waals surface area contributed by atoms with E-state index < -0.39 is 14.9 Å². The molecule has 33 heavy (non-hydrogen) atoms. The van der Waals surface area contributed by atoms with Crippen LogP contribution < -0.4 is 14.8 Å². The molecule has 11 heteroatoms. The Morgan fingerprint density at radius 1 is 1.09 bits per heavy atom. The molecule has 2 heterocycles. The number of non-ortho nitro benzene ring substituents is 1. The normalized spacial score (nSPS) is 11.3. The number of ether oxygens (including phenoxy) is 1. The molecule has 0 saturated heterocycles. The molecule has 0 radical (unpaired) electrons. The number of hydrogen-bond acceptors (Lipinski definition) is 7. The van der Waals surface area contributed by atoms with E-state index in [2.05, 4.69) is 15.0 Å². The monoisotopic (exact) mass is 467 g/mol. The van der Waals surface area contributed by atoms with Gasteiger partial charge >= 0.3 is 0 Å². The van der Waals surface area contributed by atoms with Gasteiger partial charge in [0.2, 0.25) is 0 Å². The minimum Gasteiger partial charge on any atom is -0.495 e. The van der Waals surface area contributed by atoms with E-state index in [1.165, 1.54) is 19.2 Å². The summed E-state index contributed by atoms with van der Waals surface area (Å²) in [4.78, 5) is 14.9. The Balaban J connectivity index is 1.59. The van der Waals surface area contributed by atoms with Gasteiger partial charge in [-0.25, -0.2) is 13.4 Å². The summed E-state index contributed by atoms with van der Waals surface area (Å²) in [5.41, 5.74) is 1.77. The number of anilines is 2. The van der Waals surface area contributed by atoms with E-state index in [9.17, 15) is 18.5 Å². The second kappa shape index (κ2) is 9.17. The first-order valence-corrected chi connectivity index (χ1v) is 11.5. The molecule has 4 rings (SSSR count). The molecule has 0 unspecified atom stereocenters. The molecule has 2 aromatic heterocycles. The van der Waals surface area contributed by atoms with Gasteiger partial charge in [0, 0.05) is 37.5 Å². The van der Waals surface area contributed by atoms with Gasteiger partial charge in [0.1, 0.15) is 16.3 Å². The predicted molar refractivity (Wildman–Crippen MR) is 124 cm³/mol. The fourth-order valence-corrected chi connectivity index (χ4v) is 4.63. The lowest BCUT2D eigenvalue weighted by Gasteiger charge is -2.15. The predicted octanol–water partition coefficient (Wildman–Crippen LogP) is 3.71. The van der Waals surface area contributed by atoms with Crippen molar-refractivity contribution in [3.8, 4) is 5.75 Å². The SMILES string of the molecule is COc1ccccc1NS(=O)(=O)c1cc([N+](=O)[O-])ccc1NCCc1cn2ccccc2n1. The number of nitro groups is 1. The van der Waals surface area contributed by atoms with Gasteiger partial charge < -0.3 is 14.5 Å². The third kappa shape index (κ3) is 4.88. The molecule has 2 aromatic carbocycles. The fraction of sp³-hybridized carbons (Fsp3) is 0.136. The van der Waals surface area contributed by atoms with Crippen molar-refractivity contribution in [1.82, 2.24) is 9.38 Å². The lowest BCUT2D eigenvalue weighted by molar-refractivity contribution is -0.385. The molecule has 2 N–H and O–H groups in total. The second-order valence-electron chi connectivity index (χ2n) is 7.12. The van der Waals surface area contributed by atoms with Crippen molar-refractivity contribution in [2.24, 2.45) is 0 Å². The van der Waals surface area contributed by atoms with E-state index in [0.29, 0.717) is 18.7 Å². The molecular weight excluding hydrogens is 446 g/mol. The van der Waals surface area contributed by atoms with Crippen LogP contribution in [-0.4, -0.2) is 36.4 Å². The molecule has 0 spiro atoms. The Kier molecular flexibility index (Phi) is 6.13. The first kappa shape index (κ1) is 22.1. The number of para-hydroxylation sites is 2. The molecule has 0 atom stereocenters. The summed E-state index contributed by atoms with van der Waals surface area (Å²) in [5, 5.41) is 14.3. The van der Waals surface area contributed by atoms with Gasteiger partial charge in [0.15, 0.2) is 0 Å². The van der Waals surface area contributed by atoms with Gasteiger partial charge in [0.05, 0.1) is 29.1 Å². The van der Waals surface area contributed by atoms with Gasteiger partial charge in [-0.1, -0.05) is 18.2 Å².